The Hall–Kier alpha value is -1.97. The molecule has 1 aliphatic carbocycles. The van der Waals surface area contributed by atoms with Gasteiger partial charge in [-0.2, -0.15) is 5.10 Å². The van der Waals surface area contributed by atoms with Crippen molar-refractivity contribution in [3.8, 4) is 0 Å². The van der Waals surface area contributed by atoms with E-state index >= 15 is 0 Å². The normalized spacial score (nSPS) is 22.8. The third-order valence-electron chi connectivity index (χ3n) is 4.77. The summed E-state index contributed by atoms with van der Waals surface area (Å²) < 4.78 is 0. The van der Waals surface area contributed by atoms with Crippen LogP contribution >= 0.6 is 0 Å². The van der Waals surface area contributed by atoms with E-state index in [0.717, 1.165) is 18.4 Å². The highest BCUT2D eigenvalue weighted by molar-refractivity contribution is 6.21. The van der Waals surface area contributed by atoms with Gasteiger partial charge in [-0.3, -0.25) is 9.59 Å². The number of carbonyl (C=O) groups is 2. The van der Waals surface area contributed by atoms with Crippen LogP contribution in [-0.4, -0.2) is 30.0 Å². The van der Waals surface area contributed by atoms with Crippen molar-refractivity contribution in [1.82, 2.24) is 5.01 Å². The van der Waals surface area contributed by atoms with Crippen molar-refractivity contribution >= 4 is 17.9 Å². The molecule has 1 aromatic rings. The number of fused-ring (bicyclic) bond motifs is 1. The zero-order valence-corrected chi connectivity index (χ0v) is 12.9. The van der Waals surface area contributed by atoms with Crippen LogP contribution in [0, 0.1) is 12.8 Å². The molecule has 1 atom stereocenters. The molecule has 4 nitrogen and oxygen atoms in total. The summed E-state index contributed by atoms with van der Waals surface area (Å²) >= 11 is 0. The highest BCUT2D eigenvalue weighted by atomic mass is 16.2. The minimum absolute atomic E-state index is 0.0975. The minimum Gasteiger partial charge on any atom is -0.293 e. The van der Waals surface area contributed by atoms with Gasteiger partial charge in [0.25, 0.3) is 5.91 Å². The molecule has 1 aromatic carbocycles. The highest BCUT2D eigenvalue weighted by Crippen LogP contribution is 2.41. The van der Waals surface area contributed by atoms with E-state index in [1.165, 1.54) is 22.4 Å². The molecule has 0 spiro atoms. The molecule has 1 amide bonds. The van der Waals surface area contributed by atoms with Crippen LogP contribution in [-0.2, 0) is 16.6 Å². The Bertz CT molecular complexity index is 674. The molecule has 0 N–H and O–H groups in total. The molecule has 0 bridgehead atoms. The van der Waals surface area contributed by atoms with Crippen molar-refractivity contribution in [2.45, 2.75) is 39.0 Å². The van der Waals surface area contributed by atoms with Gasteiger partial charge in [0.05, 0.1) is 0 Å². The first kappa shape index (κ1) is 14.0. The molecular formula is C17H20N2O2. The van der Waals surface area contributed by atoms with Crippen molar-refractivity contribution < 1.29 is 9.59 Å². The molecule has 1 heterocycles. The number of ketones is 1. The van der Waals surface area contributed by atoms with Crippen molar-refractivity contribution in [2.24, 2.45) is 11.0 Å². The average Bonchev–Trinajstić information content (AvgIpc) is 2.91. The van der Waals surface area contributed by atoms with Gasteiger partial charge in [-0.25, -0.2) is 5.01 Å². The lowest BCUT2D eigenvalue weighted by Gasteiger charge is -2.23. The van der Waals surface area contributed by atoms with Gasteiger partial charge >= 0.3 is 0 Å². The molecule has 21 heavy (non-hydrogen) atoms. The monoisotopic (exact) mass is 284 g/mol. The Morgan fingerprint density at radius 3 is 2.71 bits per heavy atom. The number of Topliss-reactive ketones (excluding diaryl/α,β-unsaturated/α-hetero) is 1. The molecule has 0 saturated carbocycles. The van der Waals surface area contributed by atoms with Crippen LogP contribution in [0.15, 0.2) is 17.2 Å². The fraction of sp³-hybridized carbons (Fsp3) is 0.471. The van der Waals surface area contributed by atoms with Crippen LogP contribution in [0.3, 0.4) is 0 Å². The molecule has 0 fully saturated rings. The van der Waals surface area contributed by atoms with Crippen molar-refractivity contribution in [3.63, 3.8) is 0 Å². The minimum atomic E-state index is -0.767. The Morgan fingerprint density at radius 2 is 2.10 bits per heavy atom. The van der Waals surface area contributed by atoms with Crippen LogP contribution in [0.5, 0.6) is 0 Å². The number of hydrogen-bond acceptors (Lipinski definition) is 3. The van der Waals surface area contributed by atoms with E-state index in [9.17, 15) is 9.59 Å². The number of aryl methyl sites for hydroxylation is 1. The second kappa shape index (κ2) is 4.52. The first-order valence-corrected chi connectivity index (χ1v) is 7.32. The first-order chi connectivity index (χ1) is 9.83. The molecule has 2 aliphatic rings. The molecule has 110 valence electrons. The molecule has 1 unspecified atom stereocenters. The smallest absolute Gasteiger partial charge is 0.258 e. The zero-order valence-electron chi connectivity index (χ0n) is 12.9. The van der Waals surface area contributed by atoms with E-state index in [-0.39, 0.29) is 17.1 Å². The lowest BCUT2D eigenvalue weighted by molar-refractivity contribution is -0.129. The van der Waals surface area contributed by atoms with Gasteiger partial charge in [0.2, 0.25) is 0 Å². The summed E-state index contributed by atoms with van der Waals surface area (Å²) in [5, 5.41) is 5.15. The fourth-order valence-corrected chi connectivity index (χ4v) is 3.59. The number of hydrogen-bond donors (Lipinski definition) is 0. The lowest BCUT2D eigenvalue weighted by atomic mass is 9.81. The predicted octanol–water partition coefficient (Wildman–Crippen LogP) is 2.48. The Kier molecular flexibility index (Phi) is 3.01. The van der Waals surface area contributed by atoms with Crippen LogP contribution in [0.4, 0.5) is 0 Å². The predicted molar refractivity (Wildman–Crippen MR) is 81.6 cm³/mol. The Morgan fingerprint density at radius 1 is 1.38 bits per heavy atom. The van der Waals surface area contributed by atoms with Crippen molar-refractivity contribution in [3.05, 3.63) is 34.4 Å². The maximum atomic E-state index is 12.7. The van der Waals surface area contributed by atoms with E-state index in [4.69, 9.17) is 0 Å². The van der Waals surface area contributed by atoms with Gasteiger partial charge in [0, 0.05) is 18.8 Å². The zero-order chi connectivity index (χ0) is 15.4. The van der Waals surface area contributed by atoms with Crippen LogP contribution < -0.4 is 0 Å². The second-order valence-electron chi connectivity index (χ2n) is 6.62. The lowest BCUT2D eigenvalue weighted by Crippen LogP contribution is -2.29. The molecule has 3 rings (SSSR count). The van der Waals surface area contributed by atoms with Gasteiger partial charge in [0.15, 0.2) is 5.78 Å². The molecule has 1 aliphatic heterocycles. The summed E-state index contributed by atoms with van der Waals surface area (Å²) in [6.45, 7) is 6.44. The van der Waals surface area contributed by atoms with E-state index < -0.39 is 5.92 Å². The van der Waals surface area contributed by atoms with E-state index in [0.29, 0.717) is 5.56 Å². The molecule has 0 radical (unpaired) electrons. The van der Waals surface area contributed by atoms with E-state index in [1.54, 1.807) is 7.05 Å². The number of benzene rings is 1. The number of carbonyl (C=O) groups excluding carboxylic acids is 2. The summed E-state index contributed by atoms with van der Waals surface area (Å²) in [5.74, 6) is -1.16. The Balaban J connectivity index is 2.04. The van der Waals surface area contributed by atoms with Crippen molar-refractivity contribution in [1.29, 1.82) is 0 Å². The van der Waals surface area contributed by atoms with E-state index in [2.05, 4.69) is 18.9 Å². The molecule has 0 aromatic heterocycles. The number of hydrazone groups is 1. The largest absolute Gasteiger partial charge is 0.293 e. The maximum absolute atomic E-state index is 12.7. The van der Waals surface area contributed by atoms with Gasteiger partial charge in [-0.1, -0.05) is 26.0 Å². The molecular weight excluding hydrogens is 264 g/mol. The quantitative estimate of drug-likeness (QED) is 0.619. The summed E-state index contributed by atoms with van der Waals surface area (Å²) in [7, 11) is 1.57. The number of amides is 1. The summed E-state index contributed by atoms with van der Waals surface area (Å²) in [6, 6.07) is 3.92. The number of nitrogens with zero attached hydrogens (tertiary/aromatic N) is 2. The fourth-order valence-electron chi connectivity index (χ4n) is 3.59. The van der Waals surface area contributed by atoms with Gasteiger partial charge in [-0.05, 0) is 41.9 Å². The standard InChI is InChI=1S/C17H20N2O2/c1-10-12(15(20)13-9-18-19(4)16(13)21)6-5-11-7-8-17(2,3)14(10)11/h5-6,9,13H,7-8H2,1-4H3. The van der Waals surface area contributed by atoms with E-state index in [1.807, 2.05) is 19.1 Å². The average molecular weight is 284 g/mol. The highest BCUT2D eigenvalue weighted by Gasteiger charge is 2.37. The van der Waals surface area contributed by atoms with Crippen LogP contribution in [0.2, 0.25) is 0 Å². The summed E-state index contributed by atoms with van der Waals surface area (Å²) in [5.41, 5.74) is 4.39. The topological polar surface area (TPSA) is 49.7 Å². The molecule has 0 saturated heterocycles. The van der Waals surface area contributed by atoms with Gasteiger partial charge in [0.1, 0.15) is 5.92 Å². The summed E-state index contributed by atoms with van der Waals surface area (Å²) in [6.07, 6.45) is 3.61. The van der Waals surface area contributed by atoms with Gasteiger partial charge in [-0.15, -0.1) is 0 Å². The second-order valence-corrected chi connectivity index (χ2v) is 6.62. The molecule has 4 heteroatoms. The maximum Gasteiger partial charge on any atom is 0.258 e. The summed E-state index contributed by atoms with van der Waals surface area (Å²) in [4.78, 5) is 24.7. The first-order valence-electron chi connectivity index (χ1n) is 7.32. The van der Waals surface area contributed by atoms with Gasteiger partial charge < -0.3 is 0 Å². The van der Waals surface area contributed by atoms with Crippen LogP contribution in [0.1, 0.15) is 47.3 Å². The third kappa shape index (κ3) is 2.01. The van der Waals surface area contributed by atoms with Crippen LogP contribution in [0.25, 0.3) is 0 Å². The van der Waals surface area contributed by atoms with Crippen molar-refractivity contribution in [2.75, 3.05) is 7.05 Å². The Labute approximate surface area is 124 Å². The number of rotatable bonds is 2. The SMILES string of the molecule is Cc1c(C(=O)C2C=NN(C)C2=O)ccc2c1C(C)(C)CC2. The third-order valence-corrected chi connectivity index (χ3v) is 4.77.